The first kappa shape index (κ1) is 33.5. The first-order chi connectivity index (χ1) is 20.3. The monoisotopic (exact) mass is 578 g/mol. The standard InChI is InChI=1S/2C15H18O.C10H14O/c2*1-15(2,3)13-9-10-14(16-4)12-8-6-5-7-11(12)13;1-8(2)9-4-6-10(11-3)7-5-9/h2*5-10H,1-4H3;4-8H,1-3H3. The van der Waals surface area contributed by atoms with Crippen LogP contribution in [-0.4, -0.2) is 21.3 Å². The second-order valence-corrected chi connectivity index (χ2v) is 13.1. The molecule has 0 aliphatic heterocycles. The first-order valence-corrected chi connectivity index (χ1v) is 15.1. The molecule has 0 aliphatic carbocycles. The van der Waals surface area contributed by atoms with Crippen LogP contribution < -0.4 is 14.2 Å². The number of hydrogen-bond acceptors (Lipinski definition) is 3. The van der Waals surface area contributed by atoms with Crippen LogP contribution in [0.25, 0.3) is 21.5 Å². The molecule has 5 aromatic rings. The van der Waals surface area contributed by atoms with Gasteiger partial charge in [0.15, 0.2) is 0 Å². The zero-order valence-corrected chi connectivity index (χ0v) is 28.0. The topological polar surface area (TPSA) is 27.7 Å². The fourth-order valence-electron chi connectivity index (χ4n) is 5.20. The average molecular weight is 579 g/mol. The van der Waals surface area contributed by atoms with Crippen molar-refractivity contribution in [1.29, 1.82) is 0 Å². The van der Waals surface area contributed by atoms with Crippen molar-refractivity contribution >= 4 is 21.5 Å². The number of benzene rings is 5. The molecule has 228 valence electrons. The minimum absolute atomic E-state index is 0.159. The minimum Gasteiger partial charge on any atom is -0.497 e. The summed E-state index contributed by atoms with van der Waals surface area (Å²) in [5, 5.41) is 4.96. The van der Waals surface area contributed by atoms with E-state index in [2.05, 4.69) is 140 Å². The highest BCUT2D eigenvalue weighted by molar-refractivity contribution is 5.92. The van der Waals surface area contributed by atoms with E-state index >= 15 is 0 Å². The Morgan fingerprint density at radius 1 is 0.442 bits per heavy atom. The van der Waals surface area contributed by atoms with E-state index in [0.717, 1.165) is 17.2 Å². The van der Waals surface area contributed by atoms with E-state index < -0.39 is 0 Å². The Labute approximate surface area is 259 Å². The zero-order valence-electron chi connectivity index (χ0n) is 28.0. The smallest absolute Gasteiger partial charge is 0.126 e. The van der Waals surface area contributed by atoms with Crippen molar-refractivity contribution in [3.05, 3.63) is 114 Å². The van der Waals surface area contributed by atoms with Crippen LogP contribution in [0.15, 0.2) is 97.1 Å². The summed E-state index contributed by atoms with van der Waals surface area (Å²) in [4.78, 5) is 0. The fourth-order valence-corrected chi connectivity index (χ4v) is 5.20. The molecule has 0 aromatic heterocycles. The van der Waals surface area contributed by atoms with E-state index in [1.807, 2.05) is 12.1 Å². The van der Waals surface area contributed by atoms with Crippen molar-refractivity contribution in [3.63, 3.8) is 0 Å². The number of methoxy groups -OCH3 is 3. The van der Waals surface area contributed by atoms with E-state index in [4.69, 9.17) is 14.2 Å². The minimum atomic E-state index is 0.159. The maximum atomic E-state index is 5.40. The van der Waals surface area contributed by atoms with Gasteiger partial charge in [-0.3, -0.25) is 0 Å². The van der Waals surface area contributed by atoms with E-state index in [0.29, 0.717) is 5.92 Å². The van der Waals surface area contributed by atoms with E-state index in [9.17, 15) is 0 Å². The van der Waals surface area contributed by atoms with Gasteiger partial charge in [0.05, 0.1) is 21.3 Å². The molecule has 3 nitrogen and oxygen atoms in total. The molecule has 0 N–H and O–H groups in total. The summed E-state index contributed by atoms with van der Waals surface area (Å²) < 4.78 is 15.8. The fraction of sp³-hybridized carbons (Fsp3) is 0.350. The van der Waals surface area contributed by atoms with Gasteiger partial charge in [-0.1, -0.05) is 128 Å². The van der Waals surface area contributed by atoms with Crippen molar-refractivity contribution in [1.82, 2.24) is 0 Å². The highest BCUT2D eigenvalue weighted by atomic mass is 16.5. The number of rotatable bonds is 4. The summed E-state index contributed by atoms with van der Waals surface area (Å²) in [6.45, 7) is 17.8. The third-order valence-corrected chi connectivity index (χ3v) is 7.61. The van der Waals surface area contributed by atoms with Crippen molar-refractivity contribution in [2.45, 2.75) is 72.1 Å². The van der Waals surface area contributed by atoms with Gasteiger partial charge >= 0.3 is 0 Å². The van der Waals surface area contributed by atoms with Gasteiger partial charge in [-0.25, -0.2) is 0 Å². The van der Waals surface area contributed by atoms with Gasteiger partial charge < -0.3 is 14.2 Å². The zero-order chi connectivity index (χ0) is 31.8. The molecular formula is C40H50O3. The molecular weight excluding hydrogens is 528 g/mol. The third kappa shape index (κ3) is 8.54. The Morgan fingerprint density at radius 3 is 1.12 bits per heavy atom. The van der Waals surface area contributed by atoms with Gasteiger partial charge in [0, 0.05) is 10.8 Å². The van der Waals surface area contributed by atoms with Gasteiger partial charge in [0.2, 0.25) is 0 Å². The van der Waals surface area contributed by atoms with Crippen molar-refractivity contribution in [2.75, 3.05) is 21.3 Å². The predicted molar refractivity (Wildman–Crippen MR) is 185 cm³/mol. The lowest BCUT2D eigenvalue weighted by Crippen LogP contribution is -2.11. The van der Waals surface area contributed by atoms with Crippen LogP contribution in [-0.2, 0) is 10.8 Å². The van der Waals surface area contributed by atoms with Crippen LogP contribution in [0.2, 0.25) is 0 Å². The summed E-state index contributed by atoms with van der Waals surface area (Å²) in [5.41, 5.74) is 4.40. The Kier molecular flexibility index (Phi) is 11.3. The molecule has 5 rings (SSSR count). The molecule has 0 spiro atoms. The van der Waals surface area contributed by atoms with Gasteiger partial charge in [0.25, 0.3) is 0 Å². The van der Waals surface area contributed by atoms with Gasteiger partial charge in [0.1, 0.15) is 17.2 Å². The third-order valence-electron chi connectivity index (χ3n) is 7.61. The Hall–Kier alpha value is -3.98. The number of ether oxygens (including phenoxy) is 3. The molecule has 0 radical (unpaired) electrons. The van der Waals surface area contributed by atoms with Crippen molar-refractivity contribution in [2.24, 2.45) is 0 Å². The van der Waals surface area contributed by atoms with Crippen LogP contribution in [0.3, 0.4) is 0 Å². The van der Waals surface area contributed by atoms with Crippen LogP contribution >= 0.6 is 0 Å². The lowest BCUT2D eigenvalue weighted by Gasteiger charge is -2.22. The Bertz CT molecular complexity index is 1500. The molecule has 0 heterocycles. The maximum Gasteiger partial charge on any atom is 0.126 e. The van der Waals surface area contributed by atoms with Crippen LogP contribution in [0.1, 0.15) is 78.0 Å². The molecule has 0 aliphatic rings. The largest absolute Gasteiger partial charge is 0.497 e. The number of hydrogen-bond donors (Lipinski definition) is 0. The van der Waals surface area contributed by atoms with Gasteiger partial charge in [-0.15, -0.1) is 0 Å². The molecule has 0 fully saturated rings. The van der Waals surface area contributed by atoms with E-state index in [1.54, 1.807) is 21.3 Å². The van der Waals surface area contributed by atoms with Crippen molar-refractivity contribution < 1.29 is 14.2 Å². The Balaban J connectivity index is 0.000000180. The quantitative estimate of drug-likeness (QED) is 0.212. The molecule has 0 amide bonds. The summed E-state index contributed by atoms with van der Waals surface area (Å²) >= 11 is 0. The SMILES string of the molecule is COc1ccc(C(C)(C)C)c2ccccc12.COc1ccc(C(C)(C)C)c2ccccc12.COc1ccc(C(C)C)cc1. The van der Waals surface area contributed by atoms with Gasteiger partial charge in [-0.2, -0.15) is 0 Å². The first-order valence-electron chi connectivity index (χ1n) is 15.1. The summed E-state index contributed by atoms with van der Waals surface area (Å²) in [5.74, 6) is 3.42. The molecule has 5 aromatic carbocycles. The highest BCUT2D eigenvalue weighted by Crippen LogP contribution is 2.36. The van der Waals surface area contributed by atoms with Crippen LogP contribution in [0.4, 0.5) is 0 Å². The lowest BCUT2D eigenvalue weighted by molar-refractivity contribution is 0.414. The number of fused-ring (bicyclic) bond motifs is 2. The molecule has 0 saturated heterocycles. The molecule has 0 unspecified atom stereocenters. The van der Waals surface area contributed by atoms with Crippen LogP contribution in [0, 0.1) is 0 Å². The van der Waals surface area contributed by atoms with E-state index in [1.165, 1.54) is 38.2 Å². The summed E-state index contributed by atoms with van der Waals surface area (Å²) in [7, 11) is 5.13. The highest BCUT2D eigenvalue weighted by Gasteiger charge is 2.18. The van der Waals surface area contributed by atoms with Gasteiger partial charge in [-0.05, 0) is 68.5 Å². The average Bonchev–Trinajstić information content (AvgIpc) is 2.99. The van der Waals surface area contributed by atoms with Crippen LogP contribution in [0.5, 0.6) is 17.2 Å². The normalized spacial score (nSPS) is 11.3. The molecule has 43 heavy (non-hydrogen) atoms. The molecule has 0 bridgehead atoms. The second kappa shape index (κ2) is 14.5. The van der Waals surface area contributed by atoms with Crippen molar-refractivity contribution in [3.8, 4) is 17.2 Å². The lowest BCUT2D eigenvalue weighted by atomic mass is 9.83. The Morgan fingerprint density at radius 2 is 0.814 bits per heavy atom. The maximum absolute atomic E-state index is 5.40. The predicted octanol–water partition coefficient (Wildman–Crippen LogP) is 11.1. The summed E-state index contributed by atoms with van der Waals surface area (Å²) in [6, 6.07) is 33.5. The second-order valence-electron chi connectivity index (χ2n) is 13.1. The molecule has 0 atom stereocenters. The molecule has 3 heteroatoms. The van der Waals surface area contributed by atoms with E-state index in [-0.39, 0.29) is 10.8 Å². The summed E-state index contributed by atoms with van der Waals surface area (Å²) in [6.07, 6.45) is 0. The molecule has 0 saturated carbocycles.